The van der Waals surface area contributed by atoms with Crippen molar-refractivity contribution < 1.29 is 55.2 Å². The van der Waals surface area contributed by atoms with Crippen LogP contribution >= 0.6 is 0 Å². The highest BCUT2D eigenvalue weighted by molar-refractivity contribution is 5.79. The highest BCUT2D eigenvalue weighted by Crippen LogP contribution is 2.64. The van der Waals surface area contributed by atoms with E-state index in [2.05, 4.69) is 4.74 Å². The number of halogens is 6. The molecule has 0 aliphatic heterocycles. The molecule has 0 saturated heterocycles. The number of esters is 1. The van der Waals surface area contributed by atoms with Crippen molar-refractivity contribution in [2.45, 2.75) is 68.5 Å². The van der Waals surface area contributed by atoms with Crippen molar-refractivity contribution in [3.05, 3.63) is 0 Å². The van der Waals surface area contributed by atoms with Crippen molar-refractivity contribution in [2.75, 3.05) is 20.3 Å². The number of carbonyl (C=O) groups is 2. The molecular formula is C19H24F6O6. The summed E-state index contributed by atoms with van der Waals surface area (Å²) in [5.41, 5.74) is -7.53. The number of aliphatic carboxylic acids is 1. The molecule has 2 atom stereocenters. The fourth-order valence-electron chi connectivity index (χ4n) is 5.92. The minimum absolute atomic E-state index is 0.0611. The lowest BCUT2D eigenvalue weighted by Crippen LogP contribution is -2.64. The predicted molar refractivity (Wildman–Crippen MR) is 90.9 cm³/mol. The van der Waals surface area contributed by atoms with Gasteiger partial charge in [-0.25, -0.2) is 0 Å². The molecule has 4 aliphatic carbocycles. The van der Waals surface area contributed by atoms with Gasteiger partial charge >= 0.3 is 29.9 Å². The molecule has 1 N–H and O–H groups in total. The molecule has 0 radical (unpaired) electrons. The third-order valence-corrected chi connectivity index (χ3v) is 6.72. The van der Waals surface area contributed by atoms with E-state index in [1.807, 2.05) is 0 Å². The van der Waals surface area contributed by atoms with Crippen LogP contribution in [-0.2, 0) is 23.8 Å². The summed E-state index contributed by atoms with van der Waals surface area (Å²) in [4.78, 5) is 23.9. The van der Waals surface area contributed by atoms with Crippen molar-refractivity contribution in [1.29, 1.82) is 0 Å². The molecule has 0 spiro atoms. The van der Waals surface area contributed by atoms with E-state index in [4.69, 9.17) is 14.6 Å². The summed E-state index contributed by atoms with van der Waals surface area (Å²) >= 11 is 0. The van der Waals surface area contributed by atoms with Crippen molar-refractivity contribution in [3.8, 4) is 0 Å². The first-order valence-corrected chi connectivity index (χ1v) is 9.89. The average Bonchev–Trinajstić information content (AvgIpc) is 2.57. The Morgan fingerprint density at radius 3 is 1.97 bits per heavy atom. The predicted octanol–water partition coefficient (Wildman–Crippen LogP) is 3.87. The van der Waals surface area contributed by atoms with Gasteiger partial charge in [-0.3, -0.25) is 9.59 Å². The zero-order chi connectivity index (χ0) is 23.3. The minimum Gasteiger partial charge on any atom is -0.481 e. The Hall–Kier alpha value is -1.56. The van der Waals surface area contributed by atoms with Gasteiger partial charge in [0.15, 0.2) is 0 Å². The summed E-state index contributed by atoms with van der Waals surface area (Å²) in [6.07, 6.45) is -12.8. The highest BCUT2D eigenvalue weighted by Gasteiger charge is 2.76. The average molecular weight is 462 g/mol. The van der Waals surface area contributed by atoms with E-state index in [-0.39, 0.29) is 44.3 Å². The molecule has 0 aromatic heterocycles. The van der Waals surface area contributed by atoms with Crippen LogP contribution in [-0.4, -0.2) is 60.9 Å². The molecule has 4 rings (SSSR count). The van der Waals surface area contributed by atoms with Crippen molar-refractivity contribution >= 4 is 11.9 Å². The molecule has 6 nitrogen and oxygen atoms in total. The second kappa shape index (κ2) is 7.79. The van der Waals surface area contributed by atoms with E-state index in [9.17, 15) is 35.9 Å². The maximum atomic E-state index is 13.5. The van der Waals surface area contributed by atoms with Crippen LogP contribution in [0.4, 0.5) is 26.3 Å². The lowest BCUT2D eigenvalue weighted by atomic mass is 9.48. The van der Waals surface area contributed by atoms with Crippen LogP contribution in [0.3, 0.4) is 0 Å². The number of carbonyl (C=O) groups excluding carboxylic acids is 1. The summed E-state index contributed by atoms with van der Waals surface area (Å²) in [5, 5.41) is 8.76. The van der Waals surface area contributed by atoms with Gasteiger partial charge in [-0.2, -0.15) is 26.3 Å². The number of hydrogen-bond acceptors (Lipinski definition) is 5. The Balaban J connectivity index is 1.92. The first kappa shape index (κ1) is 24.1. The SMILES string of the molecule is COCCOC12CC3CC(C1)CC(C(=O)OC(CC(=O)O)(C(F)(F)F)C(F)(F)F)(C3)C2. The second-order valence-electron chi connectivity index (χ2n) is 9.05. The van der Waals surface area contributed by atoms with Gasteiger partial charge in [0, 0.05) is 7.11 Å². The number of alkyl halides is 6. The lowest BCUT2D eigenvalue weighted by molar-refractivity contribution is -0.373. The van der Waals surface area contributed by atoms with E-state index in [0.717, 1.165) is 0 Å². The third-order valence-electron chi connectivity index (χ3n) is 6.72. The van der Waals surface area contributed by atoms with Gasteiger partial charge in [0.05, 0.1) is 24.2 Å². The summed E-state index contributed by atoms with van der Waals surface area (Å²) < 4.78 is 96.3. The third kappa shape index (κ3) is 4.24. The normalized spacial score (nSPS) is 32.9. The van der Waals surface area contributed by atoms with Crippen LogP contribution in [0.1, 0.15) is 44.9 Å². The maximum absolute atomic E-state index is 13.5. The summed E-state index contributed by atoms with van der Waals surface area (Å²) in [5.74, 6) is -4.23. The van der Waals surface area contributed by atoms with Gasteiger partial charge in [-0.15, -0.1) is 0 Å². The molecular weight excluding hydrogens is 438 g/mol. The number of carboxylic acids is 1. The lowest BCUT2D eigenvalue weighted by Gasteiger charge is -2.60. The van der Waals surface area contributed by atoms with Crippen LogP contribution in [0.2, 0.25) is 0 Å². The molecule has 2 unspecified atom stereocenters. The molecule has 0 aromatic carbocycles. The largest absolute Gasteiger partial charge is 0.481 e. The smallest absolute Gasteiger partial charge is 0.438 e. The van der Waals surface area contributed by atoms with Crippen LogP contribution in [0, 0.1) is 17.3 Å². The Morgan fingerprint density at radius 1 is 0.968 bits per heavy atom. The highest BCUT2D eigenvalue weighted by atomic mass is 19.4. The van der Waals surface area contributed by atoms with Gasteiger partial charge < -0.3 is 19.3 Å². The van der Waals surface area contributed by atoms with Crippen LogP contribution in [0.25, 0.3) is 0 Å². The zero-order valence-electron chi connectivity index (χ0n) is 16.8. The number of hydrogen-bond donors (Lipinski definition) is 1. The van der Waals surface area contributed by atoms with Gasteiger partial charge in [0.2, 0.25) is 0 Å². The maximum Gasteiger partial charge on any atom is 0.438 e. The Kier molecular flexibility index (Phi) is 6.05. The summed E-state index contributed by atoms with van der Waals surface area (Å²) in [6.45, 7) is 0.424. The van der Waals surface area contributed by atoms with Crippen LogP contribution in [0.5, 0.6) is 0 Å². The second-order valence-corrected chi connectivity index (χ2v) is 9.05. The minimum atomic E-state index is -6.16. The number of rotatable bonds is 8. The monoisotopic (exact) mass is 462 g/mol. The first-order valence-electron chi connectivity index (χ1n) is 9.89. The van der Waals surface area contributed by atoms with Crippen molar-refractivity contribution in [1.82, 2.24) is 0 Å². The number of methoxy groups -OCH3 is 1. The van der Waals surface area contributed by atoms with Gasteiger partial charge in [-0.1, -0.05) is 0 Å². The van der Waals surface area contributed by atoms with Crippen LogP contribution < -0.4 is 0 Å². The van der Waals surface area contributed by atoms with Crippen LogP contribution in [0.15, 0.2) is 0 Å². The van der Waals surface area contributed by atoms with Crippen molar-refractivity contribution in [2.24, 2.45) is 17.3 Å². The molecule has 4 fully saturated rings. The molecule has 12 heteroatoms. The Bertz CT molecular complexity index is 690. The van der Waals surface area contributed by atoms with E-state index >= 15 is 0 Å². The summed E-state index contributed by atoms with van der Waals surface area (Å²) in [6, 6.07) is 0. The molecule has 31 heavy (non-hydrogen) atoms. The topological polar surface area (TPSA) is 82.1 Å². The van der Waals surface area contributed by atoms with Crippen molar-refractivity contribution in [3.63, 3.8) is 0 Å². The Morgan fingerprint density at radius 2 is 1.52 bits per heavy atom. The molecule has 4 aliphatic rings. The van der Waals surface area contributed by atoms with Gasteiger partial charge in [0.25, 0.3) is 0 Å². The fourth-order valence-corrected chi connectivity index (χ4v) is 5.92. The van der Waals surface area contributed by atoms with E-state index in [1.165, 1.54) is 7.11 Å². The standard InChI is InChI=1S/C19H24F6O6/c1-29-2-3-30-16-7-11-4-12(8-16)6-15(5-11,10-16)14(28)31-17(9-13(26)27,18(20,21)22)19(23,24)25/h11-12H,2-10H2,1H3,(H,26,27). The fraction of sp³-hybridized carbons (Fsp3) is 0.895. The van der Waals surface area contributed by atoms with Gasteiger partial charge in [0.1, 0.15) is 6.42 Å². The molecule has 0 amide bonds. The molecule has 4 bridgehead atoms. The first-order chi connectivity index (χ1) is 14.2. The quantitative estimate of drug-likeness (QED) is 0.335. The zero-order valence-corrected chi connectivity index (χ0v) is 16.8. The van der Waals surface area contributed by atoms with E-state index < -0.39 is 47.3 Å². The van der Waals surface area contributed by atoms with E-state index in [1.54, 1.807) is 0 Å². The molecule has 0 heterocycles. The molecule has 4 saturated carbocycles. The number of ether oxygens (including phenoxy) is 3. The number of carboxylic acid groups (broad SMARTS) is 1. The molecule has 0 aromatic rings. The van der Waals surface area contributed by atoms with E-state index in [0.29, 0.717) is 19.3 Å². The summed E-state index contributed by atoms with van der Waals surface area (Å²) in [7, 11) is 1.46. The Labute approximate surface area is 174 Å². The molecule has 178 valence electrons. The van der Waals surface area contributed by atoms with Gasteiger partial charge in [-0.05, 0) is 50.4 Å².